The van der Waals surface area contributed by atoms with E-state index in [0.717, 1.165) is 10.6 Å². The smallest absolute Gasteiger partial charge is 0.297 e. The van der Waals surface area contributed by atoms with Crippen LogP contribution in [0.2, 0.25) is 5.02 Å². The van der Waals surface area contributed by atoms with Crippen LogP contribution < -0.4 is 15.1 Å². The molecule has 1 amide bonds. The van der Waals surface area contributed by atoms with E-state index in [1.165, 1.54) is 16.2 Å². The van der Waals surface area contributed by atoms with Gasteiger partial charge < -0.3 is 9.15 Å². The average Bonchev–Trinajstić information content (AvgIpc) is 3.38. The van der Waals surface area contributed by atoms with E-state index in [2.05, 4.69) is 10.2 Å². The summed E-state index contributed by atoms with van der Waals surface area (Å²) < 4.78 is 11.6. The molecule has 9 heteroatoms. The van der Waals surface area contributed by atoms with Crippen molar-refractivity contribution in [3.63, 3.8) is 0 Å². The van der Waals surface area contributed by atoms with E-state index in [0.29, 0.717) is 38.9 Å². The number of anilines is 1. The van der Waals surface area contributed by atoms with Gasteiger partial charge in [0.25, 0.3) is 5.91 Å². The molecule has 1 unspecified atom stereocenters. The maximum Gasteiger partial charge on any atom is 0.297 e. The predicted octanol–water partition coefficient (Wildman–Crippen LogP) is 4.93. The van der Waals surface area contributed by atoms with Gasteiger partial charge in [-0.05, 0) is 37.1 Å². The highest BCUT2D eigenvalue weighted by Gasteiger charge is 2.46. The molecule has 3 heterocycles. The summed E-state index contributed by atoms with van der Waals surface area (Å²) in [4.78, 5) is 28.7. The lowest BCUT2D eigenvalue weighted by molar-refractivity contribution is 0.0970. The van der Waals surface area contributed by atoms with Gasteiger partial charge in [0.05, 0.1) is 18.1 Å². The topological polar surface area (TPSA) is 85.5 Å². The van der Waals surface area contributed by atoms with E-state index in [1.54, 1.807) is 25.3 Å². The third kappa shape index (κ3) is 3.02. The second-order valence-electron chi connectivity index (χ2n) is 7.42. The molecule has 162 valence electrons. The summed E-state index contributed by atoms with van der Waals surface area (Å²) in [5.74, 6) is 0.0968. The number of carbonyl (C=O) groups is 1. The van der Waals surface area contributed by atoms with Crippen LogP contribution in [-0.2, 0) is 6.42 Å². The Morgan fingerprint density at radius 1 is 1.22 bits per heavy atom. The number of fused-ring (bicyclic) bond motifs is 2. The highest BCUT2D eigenvalue weighted by molar-refractivity contribution is 7.15. The van der Waals surface area contributed by atoms with Crippen molar-refractivity contribution in [1.82, 2.24) is 10.2 Å². The molecule has 0 N–H and O–H groups in total. The number of carbonyl (C=O) groups excluding carboxylic acids is 1. The largest absolute Gasteiger partial charge is 0.496 e. The van der Waals surface area contributed by atoms with E-state index < -0.39 is 11.9 Å². The summed E-state index contributed by atoms with van der Waals surface area (Å²) in [5, 5.41) is 10.4. The molecule has 0 saturated carbocycles. The van der Waals surface area contributed by atoms with Crippen LogP contribution in [0, 0.1) is 6.92 Å². The van der Waals surface area contributed by atoms with Gasteiger partial charge >= 0.3 is 0 Å². The Morgan fingerprint density at radius 2 is 2.00 bits per heavy atom. The first-order valence-corrected chi connectivity index (χ1v) is 11.2. The van der Waals surface area contributed by atoms with Gasteiger partial charge in [-0.15, -0.1) is 10.2 Å². The SMILES string of the molecule is CCc1nnc(N2C(=O)c3oc4cc(C)c(Cl)cc4c(=O)c3C2c2ccccc2OC)s1. The van der Waals surface area contributed by atoms with Crippen LogP contribution in [-0.4, -0.2) is 23.2 Å². The zero-order valence-electron chi connectivity index (χ0n) is 17.5. The summed E-state index contributed by atoms with van der Waals surface area (Å²) >= 11 is 7.60. The Kier molecular flexibility index (Phi) is 4.98. The van der Waals surface area contributed by atoms with Gasteiger partial charge in [0.15, 0.2) is 5.43 Å². The number of aromatic nitrogens is 2. The zero-order chi connectivity index (χ0) is 22.6. The van der Waals surface area contributed by atoms with Gasteiger partial charge in [-0.25, -0.2) is 0 Å². The molecule has 0 spiro atoms. The van der Waals surface area contributed by atoms with Crippen molar-refractivity contribution in [2.24, 2.45) is 0 Å². The van der Waals surface area contributed by atoms with Crippen molar-refractivity contribution in [2.75, 3.05) is 12.0 Å². The van der Waals surface area contributed by atoms with Crippen LogP contribution in [0.5, 0.6) is 5.75 Å². The van der Waals surface area contributed by atoms with E-state index in [-0.39, 0.29) is 16.8 Å². The van der Waals surface area contributed by atoms with Crippen molar-refractivity contribution in [1.29, 1.82) is 0 Å². The molecule has 1 atom stereocenters. The minimum Gasteiger partial charge on any atom is -0.496 e. The second kappa shape index (κ2) is 7.72. The van der Waals surface area contributed by atoms with E-state index >= 15 is 0 Å². The van der Waals surface area contributed by atoms with Gasteiger partial charge in [0.1, 0.15) is 22.4 Å². The number of nitrogens with zero attached hydrogens (tertiary/aromatic N) is 3. The van der Waals surface area contributed by atoms with Crippen LogP contribution in [0.1, 0.15) is 45.2 Å². The van der Waals surface area contributed by atoms with Crippen LogP contribution in [0.15, 0.2) is 45.6 Å². The summed E-state index contributed by atoms with van der Waals surface area (Å²) in [6, 6.07) is 9.77. The fourth-order valence-corrected chi connectivity index (χ4v) is 4.93. The number of methoxy groups -OCH3 is 1. The highest BCUT2D eigenvalue weighted by Crippen LogP contribution is 2.44. The molecule has 1 aliphatic heterocycles. The first-order chi connectivity index (χ1) is 15.4. The summed E-state index contributed by atoms with van der Waals surface area (Å²) in [5.41, 5.74) is 1.65. The van der Waals surface area contributed by atoms with Crippen molar-refractivity contribution in [3.8, 4) is 5.75 Å². The van der Waals surface area contributed by atoms with Crippen LogP contribution in [0.4, 0.5) is 5.13 Å². The number of amides is 1. The second-order valence-corrected chi connectivity index (χ2v) is 8.87. The van der Waals surface area contributed by atoms with Crippen molar-refractivity contribution >= 4 is 44.9 Å². The number of hydrogen-bond acceptors (Lipinski definition) is 7. The third-order valence-electron chi connectivity index (χ3n) is 5.55. The lowest BCUT2D eigenvalue weighted by Gasteiger charge is -2.23. The number of benzene rings is 2. The monoisotopic (exact) mass is 467 g/mol. The molecule has 32 heavy (non-hydrogen) atoms. The first-order valence-electron chi connectivity index (χ1n) is 10.00. The van der Waals surface area contributed by atoms with Crippen LogP contribution in [0.25, 0.3) is 11.0 Å². The molecule has 1 aliphatic rings. The number of halogens is 1. The number of para-hydroxylation sites is 1. The van der Waals surface area contributed by atoms with E-state index in [9.17, 15) is 9.59 Å². The Labute approximate surface area is 192 Å². The minimum absolute atomic E-state index is 0.00613. The van der Waals surface area contributed by atoms with E-state index in [4.69, 9.17) is 20.8 Å². The lowest BCUT2D eigenvalue weighted by Crippen LogP contribution is -2.29. The quantitative estimate of drug-likeness (QED) is 0.423. The van der Waals surface area contributed by atoms with Crippen molar-refractivity contribution in [3.05, 3.63) is 79.1 Å². The predicted molar refractivity (Wildman–Crippen MR) is 123 cm³/mol. The number of hydrogen-bond donors (Lipinski definition) is 0. The number of rotatable bonds is 4. The van der Waals surface area contributed by atoms with Gasteiger partial charge in [-0.3, -0.25) is 14.5 Å². The molecule has 4 aromatic rings. The first kappa shape index (κ1) is 20.7. The standard InChI is InChI=1S/C23H18ClN3O4S/c1-4-17-25-26-23(32-17)27-19(12-7-5-6-8-15(12)30-3)18-20(28)13-10-14(24)11(2)9-16(13)31-21(18)22(27)29/h5-10,19H,4H2,1-3H3. The van der Waals surface area contributed by atoms with Crippen molar-refractivity contribution in [2.45, 2.75) is 26.3 Å². The average molecular weight is 468 g/mol. The molecule has 0 radical (unpaired) electrons. The Hall–Kier alpha value is -3.23. The zero-order valence-corrected chi connectivity index (χ0v) is 19.1. The van der Waals surface area contributed by atoms with Crippen LogP contribution in [0.3, 0.4) is 0 Å². The molecule has 5 rings (SSSR count). The Bertz CT molecular complexity index is 1450. The summed E-state index contributed by atoms with van der Waals surface area (Å²) in [6.07, 6.45) is 0.685. The summed E-state index contributed by atoms with van der Waals surface area (Å²) in [7, 11) is 1.55. The molecule has 0 bridgehead atoms. The Morgan fingerprint density at radius 3 is 2.72 bits per heavy atom. The van der Waals surface area contributed by atoms with Crippen LogP contribution >= 0.6 is 22.9 Å². The normalized spacial score (nSPS) is 15.4. The molecule has 7 nitrogen and oxygen atoms in total. The van der Waals surface area contributed by atoms with Crippen molar-refractivity contribution < 1.29 is 13.9 Å². The lowest BCUT2D eigenvalue weighted by atomic mass is 9.97. The molecule has 0 aliphatic carbocycles. The maximum absolute atomic E-state index is 13.7. The van der Waals surface area contributed by atoms with Gasteiger partial charge in [0, 0.05) is 10.6 Å². The van der Waals surface area contributed by atoms with E-state index in [1.807, 2.05) is 32.0 Å². The highest BCUT2D eigenvalue weighted by atomic mass is 35.5. The maximum atomic E-state index is 13.7. The molecule has 2 aromatic carbocycles. The fourth-order valence-electron chi connectivity index (χ4n) is 3.96. The summed E-state index contributed by atoms with van der Waals surface area (Å²) in [6.45, 7) is 3.78. The molecule has 2 aromatic heterocycles. The fraction of sp³-hybridized carbons (Fsp3) is 0.217. The third-order valence-corrected chi connectivity index (χ3v) is 7.02. The van der Waals surface area contributed by atoms with Gasteiger partial charge in [-0.2, -0.15) is 0 Å². The molecular formula is C23H18ClN3O4S. The van der Waals surface area contributed by atoms with Gasteiger partial charge in [-0.1, -0.05) is 48.1 Å². The molecule has 0 saturated heterocycles. The van der Waals surface area contributed by atoms with Gasteiger partial charge in [0.2, 0.25) is 10.9 Å². The Balaban J connectivity index is 1.84. The molecular weight excluding hydrogens is 450 g/mol. The number of ether oxygens (including phenoxy) is 1. The number of aryl methyl sites for hydroxylation is 2. The minimum atomic E-state index is -0.771. The molecule has 0 fully saturated rings.